The van der Waals surface area contributed by atoms with E-state index in [1.54, 1.807) is 0 Å². The van der Waals surface area contributed by atoms with Crippen LogP contribution in [0.5, 0.6) is 0 Å². The first-order chi connectivity index (χ1) is 11.2. The van der Waals surface area contributed by atoms with Gasteiger partial charge in [-0.3, -0.25) is 0 Å². The summed E-state index contributed by atoms with van der Waals surface area (Å²) in [7, 11) is -2.86. The zero-order chi connectivity index (χ0) is 17.0. The van der Waals surface area contributed by atoms with Gasteiger partial charge in [-0.05, 0) is 31.4 Å². The van der Waals surface area contributed by atoms with E-state index >= 15 is 0 Å². The Labute approximate surface area is 147 Å². The highest BCUT2D eigenvalue weighted by Gasteiger charge is 2.43. The van der Waals surface area contributed by atoms with Crippen LogP contribution in [0.3, 0.4) is 0 Å². The van der Waals surface area contributed by atoms with Crippen molar-refractivity contribution in [1.29, 1.82) is 0 Å². The van der Waals surface area contributed by atoms with Crippen LogP contribution in [0, 0.1) is 0 Å². The van der Waals surface area contributed by atoms with Crippen LogP contribution in [-0.2, 0) is 13.3 Å². The number of hydrogen-bond donors (Lipinski definition) is 0. The minimum Gasteiger partial charge on any atom is -0.370 e. The van der Waals surface area contributed by atoms with Gasteiger partial charge in [-0.15, -0.1) is 0 Å². The quantitative estimate of drug-likeness (QED) is 0.369. The number of halogens is 1. The molecule has 0 saturated carbocycles. The molecule has 0 aliphatic rings. The van der Waals surface area contributed by atoms with Gasteiger partial charge in [0.1, 0.15) is 0 Å². The summed E-state index contributed by atoms with van der Waals surface area (Å²) in [6, 6.07) is 7.74. The first kappa shape index (κ1) is 20.7. The lowest BCUT2D eigenvalue weighted by atomic mass is 10.4. The maximum absolute atomic E-state index is 6.24. The third-order valence-corrected chi connectivity index (χ3v) is 6.61. The Morgan fingerprint density at radius 3 is 1.48 bits per heavy atom. The zero-order valence-corrected chi connectivity index (χ0v) is 16.5. The van der Waals surface area contributed by atoms with Gasteiger partial charge in [-0.2, -0.15) is 0 Å². The normalized spacial score (nSPS) is 11.8. The minimum atomic E-state index is -2.86. The van der Waals surface area contributed by atoms with Gasteiger partial charge in [0.05, 0.1) is 0 Å². The molecule has 0 atom stereocenters. The molecule has 0 aliphatic heterocycles. The van der Waals surface area contributed by atoms with Crippen molar-refractivity contribution in [3.8, 4) is 0 Å². The fourth-order valence-corrected chi connectivity index (χ4v) is 4.77. The molecule has 0 aliphatic carbocycles. The van der Waals surface area contributed by atoms with E-state index in [1.807, 2.05) is 24.3 Å². The van der Waals surface area contributed by atoms with Crippen LogP contribution in [0.2, 0.25) is 5.02 Å². The van der Waals surface area contributed by atoms with Crippen LogP contribution in [0.4, 0.5) is 0 Å². The van der Waals surface area contributed by atoms with Gasteiger partial charge in [-0.1, -0.05) is 63.8 Å². The standard InChI is InChI=1S/C18H31ClO3Si/c1-4-7-14-20-23(21-15-8-5-2,22-16-9-6-3)18-12-10-17(19)11-13-18/h10-13H,4-9,14-16H2,1-3H3. The Bertz CT molecular complexity index is 385. The van der Waals surface area contributed by atoms with Crippen molar-refractivity contribution in [2.24, 2.45) is 0 Å². The van der Waals surface area contributed by atoms with Crippen molar-refractivity contribution in [1.82, 2.24) is 0 Å². The summed E-state index contributed by atoms with van der Waals surface area (Å²) in [5.74, 6) is 0. The molecule has 1 rings (SSSR count). The molecule has 0 spiro atoms. The van der Waals surface area contributed by atoms with Crippen molar-refractivity contribution in [3.63, 3.8) is 0 Å². The average Bonchev–Trinajstić information content (AvgIpc) is 2.56. The molecule has 23 heavy (non-hydrogen) atoms. The minimum absolute atomic E-state index is 0.670. The first-order valence-corrected chi connectivity index (χ1v) is 11.0. The van der Waals surface area contributed by atoms with Gasteiger partial charge in [0.2, 0.25) is 0 Å². The van der Waals surface area contributed by atoms with Crippen molar-refractivity contribution in [3.05, 3.63) is 29.3 Å². The Kier molecular flexibility index (Phi) is 10.8. The van der Waals surface area contributed by atoms with Gasteiger partial charge in [0, 0.05) is 30.0 Å². The van der Waals surface area contributed by atoms with E-state index in [-0.39, 0.29) is 0 Å². The molecule has 0 aromatic heterocycles. The monoisotopic (exact) mass is 358 g/mol. The highest BCUT2D eigenvalue weighted by Crippen LogP contribution is 2.16. The molecule has 0 saturated heterocycles. The van der Waals surface area contributed by atoms with E-state index in [0.717, 1.165) is 43.7 Å². The molecular weight excluding hydrogens is 328 g/mol. The van der Waals surface area contributed by atoms with E-state index in [9.17, 15) is 0 Å². The van der Waals surface area contributed by atoms with Gasteiger partial charge >= 0.3 is 8.80 Å². The number of benzene rings is 1. The van der Waals surface area contributed by atoms with Crippen LogP contribution in [-0.4, -0.2) is 28.6 Å². The molecular formula is C18H31ClO3Si. The largest absolute Gasteiger partial charge is 0.537 e. The summed E-state index contributed by atoms with van der Waals surface area (Å²) in [5, 5.41) is 1.72. The average molecular weight is 359 g/mol. The van der Waals surface area contributed by atoms with E-state index in [4.69, 9.17) is 24.9 Å². The maximum atomic E-state index is 6.24. The SMILES string of the molecule is CCCCO[Si](OCCCC)(OCCCC)c1ccc(Cl)cc1. The van der Waals surface area contributed by atoms with Crippen LogP contribution in [0.1, 0.15) is 59.3 Å². The van der Waals surface area contributed by atoms with Crippen molar-refractivity contribution >= 4 is 25.6 Å². The van der Waals surface area contributed by atoms with E-state index in [2.05, 4.69) is 20.8 Å². The van der Waals surface area contributed by atoms with Gasteiger partial charge in [-0.25, -0.2) is 0 Å². The molecule has 1 aromatic carbocycles. The van der Waals surface area contributed by atoms with Gasteiger partial charge in [0.15, 0.2) is 0 Å². The first-order valence-electron chi connectivity index (χ1n) is 8.86. The Morgan fingerprint density at radius 2 is 1.13 bits per heavy atom. The zero-order valence-electron chi connectivity index (χ0n) is 14.8. The summed E-state index contributed by atoms with van der Waals surface area (Å²) < 4.78 is 18.7. The fraction of sp³-hybridized carbons (Fsp3) is 0.667. The maximum Gasteiger partial charge on any atom is 0.537 e. The van der Waals surface area contributed by atoms with Gasteiger partial charge < -0.3 is 13.3 Å². The fourth-order valence-electron chi connectivity index (χ4n) is 2.08. The Morgan fingerprint density at radius 1 is 0.739 bits per heavy atom. The molecule has 5 heteroatoms. The molecule has 0 unspecified atom stereocenters. The second-order valence-corrected chi connectivity index (χ2v) is 8.66. The molecule has 132 valence electrons. The predicted molar refractivity (Wildman–Crippen MR) is 99.4 cm³/mol. The Balaban J connectivity index is 2.95. The van der Waals surface area contributed by atoms with Crippen LogP contribution >= 0.6 is 11.6 Å². The molecule has 0 N–H and O–H groups in total. The summed E-state index contributed by atoms with van der Waals surface area (Å²) in [5.41, 5.74) is 0. The third-order valence-electron chi connectivity index (χ3n) is 3.57. The highest BCUT2D eigenvalue weighted by atomic mass is 35.5. The van der Waals surface area contributed by atoms with Crippen molar-refractivity contribution < 1.29 is 13.3 Å². The predicted octanol–water partition coefficient (Wildman–Crippen LogP) is 4.94. The van der Waals surface area contributed by atoms with Crippen LogP contribution < -0.4 is 5.19 Å². The number of hydrogen-bond acceptors (Lipinski definition) is 3. The third kappa shape index (κ3) is 7.35. The Hall–Kier alpha value is -0.393. The van der Waals surface area contributed by atoms with E-state index in [1.165, 1.54) is 0 Å². The lowest BCUT2D eigenvalue weighted by molar-refractivity contribution is 0.0700. The molecule has 3 nitrogen and oxygen atoms in total. The number of rotatable bonds is 13. The second kappa shape index (κ2) is 12.0. The molecule has 1 aromatic rings. The lowest BCUT2D eigenvalue weighted by Crippen LogP contribution is -2.57. The summed E-state index contributed by atoms with van der Waals surface area (Å²) >= 11 is 6.04. The summed E-state index contributed by atoms with van der Waals surface area (Å²) in [6.07, 6.45) is 6.31. The van der Waals surface area contributed by atoms with E-state index in [0.29, 0.717) is 24.8 Å². The molecule has 0 amide bonds. The van der Waals surface area contributed by atoms with Crippen LogP contribution in [0.15, 0.2) is 24.3 Å². The second-order valence-electron chi connectivity index (χ2n) is 5.67. The number of unbranched alkanes of at least 4 members (excludes halogenated alkanes) is 3. The highest BCUT2D eigenvalue weighted by molar-refractivity contribution is 6.75. The van der Waals surface area contributed by atoms with Crippen LogP contribution in [0.25, 0.3) is 0 Å². The molecule has 0 bridgehead atoms. The van der Waals surface area contributed by atoms with Crippen molar-refractivity contribution in [2.75, 3.05) is 19.8 Å². The molecule has 0 heterocycles. The molecule has 0 radical (unpaired) electrons. The molecule has 0 fully saturated rings. The topological polar surface area (TPSA) is 27.7 Å². The summed E-state index contributed by atoms with van der Waals surface area (Å²) in [6.45, 7) is 8.48. The summed E-state index contributed by atoms with van der Waals surface area (Å²) in [4.78, 5) is 0. The van der Waals surface area contributed by atoms with Crippen molar-refractivity contribution in [2.45, 2.75) is 59.3 Å². The lowest BCUT2D eigenvalue weighted by Gasteiger charge is -2.30. The van der Waals surface area contributed by atoms with Gasteiger partial charge in [0.25, 0.3) is 0 Å². The smallest absolute Gasteiger partial charge is 0.370 e. The van der Waals surface area contributed by atoms with E-state index < -0.39 is 8.80 Å².